The number of carbonyl (C=O) groups is 2. The first-order valence-corrected chi connectivity index (χ1v) is 9.82. The summed E-state index contributed by atoms with van der Waals surface area (Å²) >= 11 is 3.38. The van der Waals surface area contributed by atoms with Crippen LogP contribution in [0.25, 0.3) is 0 Å². The average molecular weight is 493 g/mol. The number of aryl methyl sites for hydroxylation is 1. The number of halogens is 1. The second-order valence-electron chi connectivity index (χ2n) is 6.45. The Bertz CT molecular complexity index is 1020. The summed E-state index contributed by atoms with van der Waals surface area (Å²) in [5.41, 5.74) is 3.31. The van der Waals surface area contributed by atoms with E-state index in [4.69, 9.17) is 9.47 Å². The maximum Gasteiger partial charge on any atom is 0.296 e. The Balaban J connectivity index is 1.87. The van der Waals surface area contributed by atoms with Gasteiger partial charge in [0.25, 0.3) is 11.6 Å². The molecule has 0 aromatic heterocycles. The predicted molar refractivity (Wildman–Crippen MR) is 119 cm³/mol. The van der Waals surface area contributed by atoms with E-state index in [-0.39, 0.29) is 24.4 Å². The highest BCUT2D eigenvalue weighted by Gasteiger charge is 2.17. The molecule has 0 radical (unpaired) electrons. The van der Waals surface area contributed by atoms with Crippen molar-refractivity contribution in [3.63, 3.8) is 0 Å². The Hall–Kier alpha value is -3.47. The summed E-state index contributed by atoms with van der Waals surface area (Å²) in [6, 6.07) is 9.41. The van der Waals surface area contributed by atoms with Crippen LogP contribution in [0.2, 0.25) is 0 Å². The number of nitro benzene ring substituents is 1. The maximum absolute atomic E-state index is 12.2. The summed E-state index contributed by atoms with van der Waals surface area (Å²) in [5.74, 6) is -0.181. The minimum absolute atomic E-state index is 0.0332. The number of nitrogens with zero attached hydrogens (tertiary/aromatic N) is 2. The molecule has 0 fully saturated rings. The molecule has 2 amide bonds. The highest BCUT2D eigenvalue weighted by molar-refractivity contribution is 9.10. The fourth-order valence-electron chi connectivity index (χ4n) is 2.41. The minimum atomic E-state index is -0.619. The number of methoxy groups -OCH3 is 1. The largest absolute Gasteiger partial charge is 0.496 e. The molecule has 0 atom stereocenters. The second kappa shape index (κ2) is 11.1. The number of amides is 2. The van der Waals surface area contributed by atoms with Crippen molar-refractivity contribution in [1.29, 1.82) is 0 Å². The third kappa shape index (κ3) is 7.37. The fraction of sp³-hybridized carbons (Fsp3) is 0.250. The van der Waals surface area contributed by atoms with Gasteiger partial charge in [0.15, 0.2) is 6.61 Å². The standard InChI is InChI=1S/C20H21BrN4O6/c1-12-8-15(4-6-16(12)21)31-11-20(27)24-23-13(2)9-19(26)22-17-7-5-14(30-3)10-18(17)25(28)29/h4-8,10H,9,11H2,1-3H3,(H,22,26)(H,24,27)/b23-13-. The lowest BCUT2D eigenvalue weighted by Gasteiger charge is -2.08. The van der Waals surface area contributed by atoms with Crippen LogP contribution in [0, 0.1) is 17.0 Å². The van der Waals surface area contributed by atoms with E-state index in [0.29, 0.717) is 17.2 Å². The van der Waals surface area contributed by atoms with Crippen LogP contribution >= 0.6 is 15.9 Å². The van der Waals surface area contributed by atoms with E-state index in [1.807, 2.05) is 13.0 Å². The molecule has 0 saturated heterocycles. The molecular formula is C20H21BrN4O6. The zero-order valence-electron chi connectivity index (χ0n) is 17.1. The van der Waals surface area contributed by atoms with Crippen LogP contribution in [-0.4, -0.2) is 36.2 Å². The molecule has 11 heteroatoms. The van der Waals surface area contributed by atoms with Crippen molar-refractivity contribution < 1.29 is 24.0 Å². The molecule has 0 unspecified atom stereocenters. The van der Waals surface area contributed by atoms with Gasteiger partial charge in [-0.2, -0.15) is 5.10 Å². The van der Waals surface area contributed by atoms with Gasteiger partial charge >= 0.3 is 0 Å². The molecule has 0 spiro atoms. The van der Waals surface area contributed by atoms with Gasteiger partial charge in [-0.3, -0.25) is 19.7 Å². The summed E-state index contributed by atoms with van der Waals surface area (Å²) in [5, 5.41) is 17.5. The number of benzene rings is 2. The van der Waals surface area contributed by atoms with Gasteiger partial charge in [0.2, 0.25) is 5.91 Å². The van der Waals surface area contributed by atoms with Crippen molar-refractivity contribution in [1.82, 2.24) is 5.43 Å². The van der Waals surface area contributed by atoms with Crippen LogP contribution in [0.1, 0.15) is 18.9 Å². The van der Waals surface area contributed by atoms with E-state index in [9.17, 15) is 19.7 Å². The number of ether oxygens (including phenoxy) is 2. The summed E-state index contributed by atoms with van der Waals surface area (Å²) in [4.78, 5) is 34.6. The van der Waals surface area contributed by atoms with E-state index < -0.39 is 16.7 Å². The van der Waals surface area contributed by atoms with Gasteiger partial charge in [-0.25, -0.2) is 5.43 Å². The Morgan fingerprint density at radius 1 is 1.16 bits per heavy atom. The number of hydrogen-bond acceptors (Lipinski definition) is 7. The van der Waals surface area contributed by atoms with Gasteiger partial charge in [0.1, 0.15) is 17.2 Å². The third-order valence-corrected chi connectivity index (χ3v) is 4.85. The molecule has 10 nitrogen and oxygen atoms in total. The van der Waals surface area contributed by atoms with Gasteiger partial charge in [-0.15, -0.1) is 0 Å². The number of hydrazone groups is 1. The second-order valence-corrected chi connectivity index (χ2v) is 7.30. The van der Waals surface area contributed by atoms with Gasteiger partial charge < -0.3 is 14.8 Å². The number of rotatable bonds is 9. The van der Waals surface area contributed by atoms with E-state index in [2.05, 4.69) is 31.8 Å². The first-order chi connectivity index (χ1) is 14.7. The predicted octanol–water partition coefficient (Wildman–Crippen LogP) is 3.57. The van der Waals surface area contributed by atoms with E-state index in [0.717, 1.165) is 10.0 Å². The van der Waals surface area contributed by atoms with Crippen molar-refractivity contribution in [3.8, 4) is 11.5 Å². The van der Waals surface area contributed by atoms with E-state index >= 15 is 0 Å². The maximum atomic E-state index is 12.2. The lowest BCUT2D eigenvalue weighted by molar-refractivity contribution is -0.384. The molecule has 31 heavy (non-hydrogen) atoms. The molecule has 0 bridgehead atoms. The first-order valence-electron chi connectivity index (χ1n) is 9.03. The first kappa shape index (κ1) is 23.8. The van der Waals surface area contributed by atoms with Crippen molar-refractivity contribution in [2.45, 2.75) is 20.3 Å². The molecule has 0 heterocycles. The fourth-order valence-corrected chi connectivity index (χ4v) is 2.65. The van der Waals surface area contributed by atoms with Crippen LogP contribution in [0.5, 0.6) is 11.5 Å². The lowest BCUT2D eigenvalue weighted by atomic mass is 10.2. The Kier molecular flexibility index (Phi) is 8.50. The molecule has 0 aliphatic rings. The van der Waals surface area contributed by atoms with Crippen molar-refractivity contribution in [2.24, 2.45) is 5.10 Å². The SMILES string of the molecule is COc1ccc(NC(=O)C/C(C)=N\NC(=O)COc2ccc(Br)c(C)c2)c([N+](=O)[O-])c1. The van der Waals surface area contributed by atoms with Crippen LogP contribution in [0.3, 0.4) is 0 Å². The molecule has 0 aliphatic heterocycles. The number of hydrogen-bond donors (Lipinski definition) is 2. The Labute approximate surface area is 186 Å². The molecule has 164 valence electrons. The van der Waals surface area contributed by atoms with Crippen molar-refractivity contribution in [2.75, 3.05) is 19.0 Å². The Morgan fingerprint density at radius 3 is 2.52 bits per heavy atom. The highest BCUT2D eigenvalue weighted by Crippen LogP contribution is 2.29. The molecule has 2 N–H and O–H groups in total. The third-order valence-electron chi connectivity index (χ3n) is 3.96. The molecule has 0 aliphatic carbocycles. The van der Waals surface area contributed by atoms with Crippen LogP contribution in [0.15, 0.2) is 46.0 Å². The average Bonchev–Trinajstić information content (AvgIpc) is 2.73. The summed E-state index contributed by atoms with van der Waals surface area (Å²) < 4.78 is 11.3. The lowest BCUT2D eigenvalue weighted by Crippen LogP contribution is -2.26. The highest BCUT2D eigenvalue weighted by atomic mass is 79.9. The zero-order valence-corrected chi connectivity index (χ0v) is 18.7. The Morgan fingerprint density at radius 2 is 1.87 bits per heavy atom. The van der Waals surface area contributed by atoms with Gasteiger partial charge in [0.05, 0.1) is 24.5 Å². The number of nitro groups is 1. The summed E-state index contributed by atoms with van der Waals surface area (Å²) in [7, 11) is 1.39. The molecular weight excluding hydrogens is 472 g/mol. The van der Waals surface area contributed by atoms with E-state index in [1.165, 1.54) is 25.3 Å². The quantitative estimate of drug-likeness (QED) is 0.312. The molecule has 2 aromatic carbocycles. The molecule has 2 aromatic rings. The minimum Gasteiger partial charge on any atom is -0.496 e. The molecule has 0 saturated carbocycles. The number of nitrogens with one attached hydrogen (secondary N) is 2. The summed E-state index contributed by atoms with van der Waals surface area (Å²) in [6.07, 6.45) is -0.170. The van der Waals surface area contributed by atoms with E-state index in [1.54, 1.807) is 19.1 Å². The number of carbonyl (C=O) groups excluding carboxylic acids is 2. The van der Waals surface area contributed by atoms with Gasteiger partial charge in [0, 0.05) is 10.2 Å². The van der Waals surface area contributed by atoms with Crippen LogP contribution < -0.4 is 20.2 Å². The van der Waals surface area contributed by atoms with Gasteiger partial charge in [-0.05, 0) is 49.7 Å². The summed E-state index contributed by atoms with van der Waals surface area (Å²) in [6.45, 7) is 3.19. The van der Waals surface area contributed by atoms with Crippen LogP contribution in [-0.2, 0) is 9.59 Å². The monoisotopic (exact) mass is 492 g/mol. The van der Waals surface area contributed by atoms with Crippen molar-refractivity contribution >= 4 is 44.8 Å². The number of anilines is 1. The van der Waals surface area contributed by atoms with Gasteiger partial charge in [-0.1, -0.05) is 15.9 Å². The van der Waals surface area contributed by atoms with Crippen LogP contribution in [0.4, 0.5) is 11.4 Å². The smallest absolute Gasteiger partial charge is 0.296 e. The normalized spacial score (nSPS) is 10.9. The topological polar surface area (TPSA) is 132 Å². The molecule has 2 rings (SSSR count). The zero-order chi connectivity index (χ0) is 23.0. The van der Waals surface area contributed by atoms with Crippen molar-refractivity contribution in [3.05, 3.63) is 56.5 Å².